The molecule has 0 N–H and O–H groups in total. The lowest BCUT2D eigenvalue weighted by Crippen LogP contribution is -2.24. The molecule has 5 heteroatoms. The molecule has 2 aliphatic rings. The van der Waals surface area contributed by atoms with Gasteiger partial charge in [0.1, 0.15) is 0 Å². The zero-order valence-electron chi connectivity index (χ0n) is 15.3. The van der Waals surface area contributed by atoms with E-state index in [1.54, 1.807) is 12.1 Å². The molecular formula is C24H15N3O2. The summed E-state index contributed by atoms with van der Waals surface area (Å²) in [5.41, 5.74) is 2.56. The third-order valence-corrected chi connectivity index (χ3v) is 5.32. The van der Waals surface area contributed by atoms with Crippen LogP contribution in [0.3, 0.4) is 0 Å². The van der Waals surface area contributed by atoms with Crippen LogP contribution in [-0.2, 0) is 0 Å². The molecule has 0 spiro atoms. The first kappa shape index (κ1) is 18.2. The molecular weight excluding hydrogens is 362 g/mol. The van der Waals surface area contributed by atoms with Crippen molar-refractivity contribution in [2.45, 2.75) is 0 Å². The summed E-state index contributed by atoms with van der Waals surface area (Å²) in [5, 5.41) is 31.1. The number of rotatable bonds is 3. The number of nitro groups is 1. The molecule has 138 valence electrons. The largest absolute Gasteiger partial charge is 0.269 e. The molecule has 0 saturated heterocycles. The molecule has 0 radical (unpaired) electrons. The summed E-state index contributed by atoms with van der Waals surface area (Å²) >= 11 is 0. The Morgan fingerprint density at radius 2 is 1.66 bits per heavy atom. The average Bonchev–Trinajstić information content (AvgIpc) is 2.91. The van der Waals surface area contributed by atoms with Gasteiger partial charge in [0, 0.05) is 18.1 Å². The van der Waals surface area contributed by atoms with Gasteiger partial charge in [-0.2, -0.15) is 10.5 Å². The van der Waals surface area contributed by atoms with E-state index in [0.29, 0.717) is 11.1 Å². The van der Waals surface area contributed by atoms with E-state index in [2.05, 4.69) is 12.1 Å². The molecule has 2 aliphatic carbocycles. The van der Waals surface area contributed by atoms with Crippen molar-refractivity contribution in [2.75, 3.05) is 0 Å². The van der Waals surface area contributed by atoms with Crippen LogP contribution in [0.4, 0.5) is 5.69 Å². The molecule has 2 aromatic carbocycles. The summed E-state index contributed by atoms with van der Waals surface area (Å²) in [6, 6.07) is 20.2. The molecule has 0 aliphatic heterocycles. The predicted molar refractivity (Wildman–Crippen MR) is 110 cm³/mol. The number of hydrogen-bond acceptors (Lipinski definition) is 4. The first-order chi connectivity index (χ1) is 14.1. The van der Waals surface area contributed by atoms with Crippen molar-refractivity contribution < 1.29 is 4.92 Å². The normalized spacial score (nSPS) is 19.0. The minimum atomic E-state index is -1.41. The zero-order valence-corrected chi connectivity index (χ0v) is 15.3. The second-order valence-electron chi connectivity index (χ2n) is 6.89. The van der Waals surface area contributed by atoms with Gasteiger partial charge in [-0.1, -0.05) is 60.7 Å². The molecule has 5 nitrogen and oxygen atoms in total. The summed E-state index contributed by atoms with van der Waals surface area (Å²) in [5.74, 6) is -0.437. The van der Waals surface area contributed by atoms with Gasteiger partial charge in [-0.15, -0.1) is 0 Å². The lowest BCUT2D eigenvalue weighted by Gasteiger charge is -2.24. The Bertz CT molecular complexity index is 1170. The van der Waals surface area contributed by atoms with E-state index in [0.717, 1.165) is 16.7 Å². The number of non-ortho nitro benzene ring substituents is 1. The lowest BCUT2D eigenvalue weighted by molar-refractivity contribution is -0.384. The van der Waals surface area contributed by atoms with Gasteiger partial charge >= 0.3 is 0 Å². The van der Waals surface area contributed by atoms with Crippen molar-refractivity contribution in [3.05, 3.63) is 112 Å². The molecule has 0 bridgehead atoms. The molecule has 1 atom stereocenters. The van der Waals surface area contributed by atoms with Crippen molar-refractivity contribution in [1.82, 2.24) is 0 Å². The maximum absolute atomic E-state index is 10.9. The summed E-state index contributed by atoms with van der Waals surface area (Å²) in [4.78, 5) is 10.5. The Morgan fingerprint density at radius 1 is 0.966 bits per heavy atom. The van der Waals surface area contributed by atoms with Gasteiger partial charge in [-0.3, -0.25) is 10.1 Å². The highest BCUT2D eigenvalue weighted by molar-refractivity contribution is 5.86. The smallest absolute Gasteiger partial charge is 0.258 e. The zero-order chi connectivity index (χ0) is 20.4. The second-order valence-corrected chi connectivity index (χ2v) is 6.89. The molecule has 1 unspecified atom stereocenters. The van der Waals surface area contributed by atoms with E-state index < -0.39 is 16.3 Å². The standard InChI is InChI=1S/C24H15N3O2/c25-15-24(16-26)22(18-9-11-21(12-10-18)27(28)29)14-20-8-4-7-19(13-23(20)24)17-5-2-1-3-6-17/h1-14,23H. The summed E-state index contributed by atoms with van der Waals surface area (Å²) in [7, 11) is 0. The Kier molecular flexibility index (Phi) is 4.43. The number of nitro benzene ring substituents is 1. The molecule has 0 heterocycles. The number of hydrogen-bond donors (Lipinski definition) is 0. The predicted octanol–water partition coefficient (Wildman–Crippen LogP) is 5.22. The third-order valence-electron chi connectivity index (χ3n) is 5.32. The van der Waals surface area contributed by atoms with Gasteiger partial charge < -0.3 is 0 Å². The minimum absolute atomic E-state index is 0.0329. The fraction of sp³-hybridized carbons (Fsp3) is 0.0833. The summed E-state index contributed by atoms with van der Waals surface area (Å²) in [6.45, 7) is 0. The monoisotopic (exact) mass is 377 g/mol. The van der Waals surface area contributed by atoms with E-state index in [4.69, 9.17) is 0 Å². The van der Waals surface area contributed by atoms with Crippen LogP contribution >= 0.6 is 0 Å². The van der Waals surface area contributed by atoms with Gasteiger partial charge in [-0.25, -0.2) is 0 Å². The summed E-state index contributed by atoms with van der Waals surface area (Å²) in [6.07, 6.45) is 9.63. The van der Waals surface area contributed by atoms with Crippen LogP contribution < -0.4 is 0 Å². The topological polar surface area (TPSA) is 90.7 Å². The number of allylic oxidation sites excluding steroid dienone is 8. The number of benzene rings is 2. The first-order valence-corrected chi connectivity index (χ1v) is 9.04. The van der Waals surface area contributed by atoms with Crippen molar-refractivity contribution >= 4 is 16.8 Å². The van der Waals surface area contributed by atoms with Crippen LogP contribution in [-0.4, -0.2) is 4.92 Å². The molecule has 29 heavy (non-hydrogen) atoms. The minimum Gasteiger partial charge on any atom is -0.258 e. The third kappa shape index (κ3) is 2.96. The van der Waals surface area contributed by atoms with Gasteiger partial charge in [0.15, 0.2) is 5.41 Å². The van der Waals surface area contributed by atoms with Crippen LogP contribution in [0.2, 0.25) is 0 Å². The van der Waals surface area contributed by atoms with E-state index in [1.165, 1.54) is 12.1 Å². The van der Waals surface area contributed by atoms with Crippen LogP contribution in [0, 0.1) is 44.1 Å². The maximum Gasteiger partial charge on any atom is 0.269 e. The van der Waals surface area contributed by atoms with Crippen LogP contribution in [0.15, 0.2) is 90.6 Å². The van der Waals surface area contributed by atoms with E-state index in [9.17, 15) is 20.6 Å². The van der Waals surface area contributed by atoms with Gasteiger partial charge in [0.2, 0.25) is 0 Å². The first-order valence-electron chi connectivity index (χ1n) is 9.04. The molecule has 0 saturated carbocycles. The maximum atomic E-state index is 10.9. The molecule has 0 aromatic heterocycles. The fourth-order valence-corrected chi connectivity index (χ4v) is 3.84. The van der Waals surface area contributed by atoms with Crippen molar-refractivity contribution in [3.8, 4) is 12.1 Å². The SMILES string of the molecule is N#CC1(C#N)C(c2ccc([N+](=O)[O-])cc2)=CC2=CC=CC(c3ccccc3)=CC21. The van der Waals surface area contributed by atoms with Crippen LogP contribution in [0.5, 0.6) is 0 Å². The quantitative estimate of drug-likeness (QED) is 0.541. The van der Waals surface area contributed by atoms with Crippen LogP contribution in [0.25, 0.3) is 11.1 Å². The van der Waals surface area contributed by atoms with E-state index in [-0.39, 0.29) is 5.69 Å². The lowest BCUT2D eigenvalue weighted by atomic mass is 9.72. The Labute approximate surface area is 168 Å². The number of nitriles is 2. The van der Waals surface area contributed by atoms with E-state index in [1.807, 2.05) is 60.7 Å². The molecule has 0 fully saturated rings. The Morgan fingerprint density at radius 3 is 2.28 bits per heavy atom. The van der Waals surface area contributed by atoms with Crippen LogP contribution in [0.1, 0.15) is 11.1 Å². The van der Waals surface area contributed by atoms with Gasteiger partial charge in [-0.05, 0) is 40.0 Å². The van der Waals surface area contributed by atoms with E-state index >= 15 is 0 Å². The molecule has 4 rings (SSSR count). The molecule has 0 amide bonds. The van der Waals surface area contributed by atoms with Gasteiger partial charge in [0.25, 0.3) is 5.69 Å². The second kappa shape index (κ2) is 7.07. The Hall–Kier alpha value is -4.22. The van der Waals surface area contributed by atoms with Crippen molar-refractivity contribution in [2.24, 2.45) is 11.3 Å². The van der Waals surface area contributed by atoms with Gasteiger partial charge in [0.05, 0.1) is 17.1 Å². The fourth-order valence-electron chi connectivity index (χ4n) is 3.84. The highest BCUT2D eigenvalue weighted by Gasteiger charge is 2.49. The average molecular weight is 377 g/mol. The summed E-state index contributed by atoms with van der Waals surface area (Å²) < 4.78 is 0. The number of nitrogens with zero attached hydrogens (tertiary/aromatic N) is 3. The molecule has 2 aromatic rings. The van der Waals surface area contributed by atoms with Crippen molar-refractivity contribution in [1.29, 1.82) is 10.5 Å². The van der Waals surface area contributed by atoms with Crippen molar-refractivity contribution in [3.63, 3.8) is 0 Å². The Balaban J connectivity index is 1.84. The number of fused-ring (bicyclic) bond motifs is 1. The highest BCUT2D eigenvalue weighted by Crippen LogP contribution is 2.52. The highest BCUT2D eigenvalue weighted by atomic mass is 16.6.